The van der Waals surface area contributed by atoms with E-state index in [-0.39, 0.29) is 0 Å². The van der Waals surface area contributed by atoms with E-state index in [0.29, 0.717) is 6.54 Å². The van der Waals surface area contributed by atoms with Crippen molar-refractivity contribution in [2.45, 2.75) is 13.5 Å². The van der Waals surface area contributed by atoms with Crippen LogP contribution in [0.25, 0.3) is 11.3 Å². The number of aromatic amines is 1. The van der Waals surface area contributed by atoms with Crippen LogP contribution in [0.1, 0.15) is 11.3 Å². The van der Waals surface area contributed by atoms with Crippen LogP contribution in [-0.2, 0) is 6.54 Å². The van der Waals surface area contributed by atoms with E-state index in [1.807, 2.05) is 25.1 Å². The quantitative estimate of drug-likeness (QED) is 0.915. The Kier molecular flexibility index (Phi) is 3.49. The first-order valence-electron chi connectivity index (χ1n) is 5.25. The third-order valence-electron chi connectivity index (χ3n) is 2.69. The molecule has 0 aliphatic carbocycles. The lowest BCUT2D eigenvalue weighted by Gasteiger charge is -2.08. The highest BCUT2D eigenvalue weighted by atomic mass is 79.9. The summed E-state index contributed by atoms with van der Waals surface area (Å²) in [5.74, 6) is 0.786. The molecule has 4 nitrogen and oxygen atoms in total. The fraction of sp³-hybridized carbons (Fsp3) is 0.250. The Balaban J connectivity index is 2.62. The number of hydrogen-bond donors (Lipinski definition) is 2. The number of methoxy groups -OCH3 is 1. The molecule has 2 rings (SSSR count). The Labute approximate surface area is 108 Å². The van der Waals surface area contributed by atoms with Gasteiger partial charge in [0.25, 0.3) is 0 Å². The number of nitrogens with two attached hydrogens (primary N) is 1. The van der Waals surface area contributed by atoms with Crippen molar-refractivity contribution in [3.05, 3.63) is 33.9 Å². The van der Waals surface area contributed by atoms with Crippen molar-refractivity contribution < 1.29 is 4.74 Å². The number of rotatable bonds is 3. The number of nitrogens with zero attached hydrogens (tertiary/aromatic N) is 1. The van der Waals surface area contributed by atoms with Crippen LogP contribution in [0.5, 0.6) is 5.75 Å². The minimum atomic E-state index is 0.452. The second-order valence-electron chi connectivity index (χ2n) is 3.72. The van der Waals surface area contributed by atoms with Gasteiger partial charge < -0.3 is 10.5 Å². The standard InChI is InChI=1S/C12H14BrN3O/c1-7-10(6-14)12(16-15-7)9-5-8(13)3-4-11(9)17-2/h3-5H,6,14H2,1-2H3,(H,15,16). The van der Waals surface area contributed by atoms with Gasteiger partial charge in [0, 0.05) is 27.8 Å². The highest BCUT2D eigenvalue weighted by Crippen LogP contribution is 2.34. The number of hydrogen-bond acceptors (Lipinski definition) is 3. The number of benzene rings is 1. The molecule has 0 radical (unpaired) electrons. The molecule has 17 heavy (non-hydrogen) atoms. The molecule has 1 aromatic carbocycles. The van der Waals surface area contributed by atoms with Crippen molar-refractivity contribution in [3.8, 4) is 17.0 Å². The van der Waals surface area contributed by atoms with Crippen molar-refractivity contribution in [1.82, 2.24) is 10.2 Å². The van der Waals surface area contributed by atoms with E-state index in [2.05, 4.69) is 26.1 Å². The maximum absolute atomic E-state index is 5.75. The minimum absolute atomic E-state index is 0.452. The highest BCUT2D eigenvalue weighted by Gasteiger charge is 2.15. The molecule has 0 aliphatic rings. The van der Waals surface area contributed by atoms with E-state index in [1.54, 1.807) is 7.11 Å². The summed E-state index contributed by atoms with van der Waals surface area (Å²) in [7, 11) is 1.65. The van der Waals surface area contributed by atoms with E-state index in [1.165, 1.54) is 0 Å². The molecule has 0 unspecified atom stereocenters. The predicted octanol–water partition coefficient (Wildman–Crippen LogP) is 2.61. The van der Waals surface area contributed by atoms with Crippen LogP contribution in [0.3, 0.4) is 0 Å². The normalized spacial score (nSPS) is 10.6. The molecule has 3 N–H and O–H groups in total. The van der Waals surface area contributed by atoms with Gasteiger partial charge in [0.1, 0.15) is 11.4 Å². The molecule has 0 amide bonds. The summed E-state index contributed by atoms with van der Waals surface area (Å²) >= 11 is 3.45. The molecular weight excluding hydrogens is 282 g/mol. The fourth-order valence-electron chi connectivity index (χ4n) is 1.79. The van der Waals surface area contributed by atoms with Crippen LogP contribution < -0.4 is 10.5 Å². The SMILES string of the molecule is COc1ccc(Br)cc1-c1n[nH]c(C)c1CN. The molecule has 0 fully saturated rings. The molecule has 0 saturated heterocycles. The lowest BCUT2D eigenvalue weighted by molar-refractivity contribution is 0.416. The van der Waals surface area contributed by atoms with Crippen molar-refractivity contribution >= 4 is 15.9 Å². The molecular formula is C12H14BrN3O. The van der Waals surface area contributed by atoms with E-state index in [9.17, 15) is 0 Å². The van der Waals surface area contributed by atoms with Crippen molar-refractivity contribution in [1.29, 1.82) is 0 Å². The number of aryl methyl sites for hydroxylation is 1. The van der Waals surface area contributed by atoms with Crippen molar-refractivity contribution in [2.75, 3.05) is 7.11 Å². The molecule has 2 aromatic rings. The van der Waals surface area contributed by atoms with E-state index >= 15 is 0 Å². The van der Waals surface area contributed by atoms with Gasteiger partial charge in [-0.05, 0) is 25.1 Å². The van der Waals surface area contributed by atoms with Crippen LogP contribution in [0.15, 0.2) is 22.7 Å². The predicted molar refractivity (Wildman–Crippen MR) is 70.9 cm³/mol. The fourth-order valence-corrected chi connectivity index (χ4v) is 2.15. The Morgan fingerprint density at radius 3 is 2.88 bits per heavy atom. The largest absolute Gasteiger partial charge is 0.496 e. The Morgan fingerprint density at radius 1 is 1.47 bits per heavy atom. The van der Waals surface area contributed by atoms with Gasteiger partial charge in [-0.15, -0.1) is 0 Å². The maximum Gasteiger partial charge on any atom is 0.128 e. The number of H-pyrrole nitrogens is 1. The lowest BCUT2D eigenvalue weighted by atomic mass is 10.1. The molecule has 0 aliphatic heterocycles. The topological polar surface area (TPSA) is 63.9 Å². The average molecular weight is 296 g/mol. The van der Waals surface area contributed by atoms with Crippen LogP contribution in [0, 0.1) is 6.92 Å². The zero-order valence-corrected chi connectivity index (χ0v) is 11.3. The lowest BCUT2D eigenvalue weighted by Crippen LogP contribution is -1.99. The Bertz CT molecular complexity index is 537. The van der Waals surface area contributed by atoms with Gasteiger partial charge in [0.05, 0.1) is 7.11 Å². The van der Waals surface area contributed by atoms with Crippen LogP contribution in [0.2, 0.25) is 0 Å². The third kappa shape index (κ3) is 2.21. The third-order valence-corrected chi connectivity index (χ3v) is 3.19. The van der Waals surface area contributed by atoms with Gasteiger partial charge in [-0.2, -0.15) is 5.10 Å². The zero-order chi connectivity index (χ0) is 12.4. The molecule has 1 aromatic heterocycles. The smallest absolute Gasteiger partial charge is 0.128 e. The number of ether oxygens (including phenoxy) is 1. The van der Waals surface area contributed by atoms with Gasteiger partial charge in [0.2, 0.25) is 0 Å². The van der Waals surface area contributed by atoms with Crippen molar-refractivity contribution in [2.24, 2.45) is 5.73 Å². The van der Waals surface area contributed by atoms with Crippen LogP contribution in [-0.4, -0.2) is 17.3 Å². The van der Waals surface area contributed by atoms with Crippen LogP contribution >= 0.6 is 15.9 Å². The first kappa shape index (κ1) is 12.1. The summed E-state index contributed by atoms with van der Waals surface area (Å²) in [5, 5.41) is 7.26. The van der Waals surface area contributed by atoms with Crippen LogP contribution in [0.4, 0.5) is 0 Å². The number of nitrogens with one attached hydrogen (secondary N) is 1. The Hall–Kier alpha value is -1.33. The number of aromatic nitrogens is 2. The summed E-state index contributed by atoms with van der Waals surface area (Å²) in [6.45, 7) is 2.41. The summed E-state index contributed by atoms with van der Waals surface area (Å²) in [6, 6.07) is 5.82. The first-order chi connectivity index (χ1) is 8.17. The minimum Gasteiger partial charge on any atom is -0.496 e. The molecule has 90 valence electrons. The molecule has 5 heteroatoms. The molecule has 0 atom stereocenters. The molecule has 0 spiro atoms. The second-order valence-corrected chi connectivity index (χ2v) is 4.64. The van der Waals surface area contributed by atoms with Gasteiger partial charge in [-0.25, -0.2) is 0 Å². The Morgan fingerprint density at radius 2 is 2.24 bits per heavy atom. The summed E-state index contributed by atoms with van der Waals surface area (Å²) in [4.78, 5) is 0. The van der Waals surface area contributed by atoms with E-state index in [0.717, 1.165) is 32.7 Å². The monoisotopic (exact) mass is 295 g/mol. The summed E-state index contributed by atoms with van der Waals surface area (Å²) in [5.41, 5.74) is 9.54. The highest BCUT2D eigenvalue weighted by molar-refractivity contribution is 9.10. The average Bonchev–Trinajstić information content (AvgIpc) is 2.70. The molecule has 1 heterocycles. The number of halogens is 1. The maximum atomic E-state index is 5.75. The molecule has 0 saturated carbocycles. The summed E-state index contributed by atoms with van der Waals surface area (Å²) in [6.07, 6.45) is 0. The van der Waals surface area contributed by atoms with E-state index < -0.39 is 0 Å². The zero-order valence-electron chi connectivity index (χ0n) is 9.75. The first-order valence-corrected chi connectivity index (χ1v) is 6.04. The molecule has 0 bridgehead atoms. The van der Waals surface area contributed by atoms with Gasteiger partial charge in [-0.3, -0.25) is 5.10 Å². The van der Waals surface area contributed by atoms with Crippen molar-refractivity contribution in [3.63, 3.8) is 0 Å². The van der Waals surface area contributed by atoms with Gasteiger partial charge in [0.15, 0.2) is 0 Å². The summed E-state index contributed by atoms with van der Waals surface area (Å²) < 4.78 is 6.33. The van der Waals surface area contributed by atoms with Gasteiger partial charge >= 0.3 is 0 Å². The van der Waals surface area contributed by atoms with Gasteiger partial charge in [-0.1, -0.05) is 15.9 Å². The second kappa shape index (κ2) is 4.89. The van der Waals surface area contributed by atoms with E-state index in [4.69, 9.17) is 10.5 Å².